The second-order valence-corrected chi connectivity index (χ2v) is 8.07. The molecule has 3 aromatic rings. The highest BCUT2D eigenvalue weighted by Crippen LogP contribution is 2.11. The number of hydrogen-bond acceptors (Lipinski definition) is 6. The van der Waals surface area contributed by atoms with Crippen LogP contribution in [-0.4, -0.2) is 40.6 Å². The van der Waals surface area contributed by atoms with Crippen molar-refractivity contribution < 1.29 is 13.2 Å². The van der Waals surface area contributed by atoms with E-state index in [2.05, 4.69) is 20.6 Å². The number of nitrogens with zero attached hydrogens (tertiary/aromatic N) is 4. The predicted octanol–water partition coefficient (Wildman–Crippen LogP) is 1.31. The van der Waals surface area contributed by atoms with Crippen molar-refractivity contribution in [1.82, 2.24) is 25.3 Å². The minimum atomic E-state index is -3.21. The molecule has 0 unspecified atom stereocenters. The van der Waals surface area contributed by atoms with Gasteiger partial charge in [-0.15, -0.1) is 5.10 Å². The monoisotopic (exact) mass is 385 g/mol. The molecule has 0 saturated heterocycles. The van der Waals surface area contributed by atoms with Crippen LogP contribution in [0.25, 0.3) is 5.69 Å². The van der Waals surface area contributed by atoms with Gasteiger partial charge in [0.05, 0.1) is 29.5 Å². The standard InChI is InChI=1S/C18H19N5O3S/c1-27(25,26)17-7-4-14(5-8-17)6-9-18(24)20-11-15-13-23(22-21-15)16-3-2-10-19-12-16/h2-5,7-8,10,12-13H,6,9,11H2,1H3,(H,20,24). The number of rotatable bonds is 7. The molecule has 0 spiro atoms. The molecule has 0 fully saturated rings. The Kier molecular flexibility index (Phi) is 5.60. The third-order valence-electron chi connectivity index (χ3n) is 3.91. The van der Waals surface area contributed by atoms with Gasteiger partial charge in [-0.2, -0.15) is 0 Å². The summed E-state index contributed by atoms with van der Waals surface area (Å²) in [7, 11) is -3.21. The lowest BCUT2D eigenvalue weighted by Gasteiger charge is -2.04. The number of sulfone groups is 1. The van der Waals surface area contributed by atoms with Gasteiger partial charge in [-0.25, -0.2) is 13.1 Å². The zero-order valence-electron chi connectivity index (χ0n) is 14.7. The maximum Gasteiger partial charge on any atom is 0.220 e. The Morgan fingerprint density at radius 2 is 1.96 bits per heavy atom. The number of carbonyl (C=O) groups is 1. The molecule has 0 aliphatic heterocycles. The van der Waals surface area contributed by atoms with Crippen LogP contribution in [0, 0.1) is 0 Å². The minimum Gasteiger partial charge on any atom is -0.350 e. The van der Waals surface area contributed by atoms with E-state index in [1.54, 1.807) is 53.6 Å². The van der Waals surface area contributed by atoms with E-state index in [-0.39, 0.29) is 17.3 Å². The first-order valence-electron chi connectivity index (χ1n) is 8.29. The van der Waals surface area contributed by atoms with Gasteiger partial charge >= 0.3 is 0 Å². The van der Waals surface area contributed by atoms with E-state index in [0.717, 1.165) is 11.3 Å². The summed E-state index contributed by atoms with van der Waals surface area (Å²) >= 11 is 0. The van der Waals surface area contributed by atoms with Crippen LogP contribution in [0.2, 0.25) is 0 Å². The van der Waals surface area contributed by atoms with E-state index in [1.807, 2.05) is 6.07 Å². The average Bonchev–Trinajstić information content (AvgIpc) is 3.14. The van der Waals surface area contributed by atoms with Crippen molar-refractivity contribution in [3.8, 4) is 5.69 Å². The van der Waals surface area contributed by atoms with E-state index in [4.69, 9.17) is 0 Å². The Labute approximate surface area is 157 Å². The van der Waals surface area contributed by atoms with Gasteiger partial charge in [0.2, 0.25) is 5.91 Å². The third kappa shape index (κ3) is 5.20. The number of carbonyl (C=O) groups excluding carboxylic acids is 1. The SMILES string of the molecule is CS(=O)(=O)c1ccc(CCC(=O)NCc2cn(-c3cccnc3)nn2)cc1. The Morgan fingerprint density at radius 3 is 2.63 bits per heavy atom. The highest BCUT2D eigenvalue weighted by atomic mass is 32.2. The summed E-state index contributed by atoms with van der Waals surface area (Å²) in [5, 5.41) is 10.8. The van der Waals surface area contributed by atoms with Crippen LogP contribution in [0.5, 0.6) is 0 Å². The van der Waals surface area contributed by atoms with Crippen molar-refractivity contribution in [3.05, 3.63) is 66.2 Å². The average molecular weight is 385 g/mol. The lowest BCUT2D eigenvalue weighted by atomic mass is 10.1. The van der Waals surface area contributed by atoms with Crippen LogP contribution in [0.15, 0.2) is 59.9 Å². The lowest BCUT2D eigenvalue weighted by molar-refractivity contribution is -0.121. The number of benzene rings is 1. The van der Waals surface area contributed by atoms with Gasteiger partial charge in [0.25, 0.3) is 0 Å². The van der Waals surface area contributed by atoms with Crippen molar-refractivity contribution in [1.29, 1.82) is 0 Å². The van der Waals surface area contributed by atoms with Gasteiger partial charge < -0.3 is 5.32 Å². The number of pyridine rings is 1. The Bertz CT molecular complexity index is 1010. The van der Waals surface area contributed by atoms with E-state index in [1.165, 1.54) is 6.26 Å². The first-order valence-corrected chi connectivity index (χ1v) is 10.2. The summed E-state index contributed by atoms with van der Waals surface area (Å²) in [5.74, 6) is -0.113. The fourth-order valence-corrected chi connectivity index (χ4v) is 3.06. The van der Waals surface area contributed by atoms with Crippen LogP contribution in [0.4, 0.5) is 0 Å². The number of hydrogen-bond donors (Lipinski definition) is 1. The largest absolute Gasteiger partial charge is 0.350 e. The first-order chi connectivity index (χ1) is 12.9. The fraction of sp³-hybridized carbons (Fsp3) is 0.222. The quantitative estimate of drug-likeness (QED) is 0.657. The number of nitrogens with one attached hydrogen (secondary N) is 1. The maximum atomic E-state index is 12.0. The molecule has 0 atom stereocenters. The highest BCUT2D eigenvalue weighted by Gasteiger charge is 2.08. The summed E-state index contributed by atoms with van der Waals surface area (Å²) in [4.78, 5) is 16.3. The topological polar surface area (TPSA) is 107 Å². The molecule has 2 aromatic heterocycles. The zero-order chi connectivity index (χ0) is 19.3. The Balaban J connectivity index is 1.48. The van der Waals surface area contributed by atoms with Crippen molar-refractivity contribution >= 4 is 15.7 Å². The summed E-state index contributed by atoms with van der Waals surface area (Å²) in [6.45, 7) is 0.284. The molecule has 0 aliphatic rings. The van der Waals surface area contributed by atoms with Crippen molar-refractivity contribution in [3.63, 3.8) is 0 Å². The van der Waals surface area contributed by atoms with Gasteiger partial charge in [0.15, 0.2) is 9.84 Å². The number of amides is 1. The first kappa shape index (κ1) is 18.7. The molecule has 140 valence electrons. The Hall–Kier alpha value is -3.07. The molecule has 0 saturated carbocycles. The normalized spacial score (nSPS) is 11.3. The van der Waals surface area contributed by atoms with Gasteiger partial charge in [-0.05, 0) is 36.2 Å². The van der Waals surface area contributed by atoms with Crippen LogP contribution < -0.4 is 5.32 Å². The smallest absolute Gasteiger partial charge is 0.220 e. The minimum absolute atomic E-state index is 0.113. The second-order valence-electron chi connectivity index (χ2n) is 6.06. The van der Waals surface area contributed by atoms with Crippen molar-refractivity contribution in [2.24, 2.45) is 0 Å². The molecule has 0 aliphatic carbocycles. The molecule has 3 rings (SSSR count). The molecule has 1 amide bonds. The summed E-state index contributed by atoms with van der Waals surface area (Å²) in [5.41, 5.74) is 2.34. The van der Waals surface area contributed by atoms with Crippen molar-refractivity contribution in [2.45, 2.75) is 24.3 Å². The molecule has 9 heteroatoms. The summed E-state index contributed by atoms with van der Waals surface area (Å²) in [6, 6.07) is 10.2. The number of aromatic nitrogens is 4. The van der Waals surface area contributed by atoms with E-state index in [9.17, 15) is 13.2 Å². The third-order valence-corrected chi connectivity index (χ3v) is 5.04. The fourth-order valence-electron chi connectivity index (χ4n) is 2.43. The molecule has 1 N–H and O–H groups in total. The Morgan fingerprint density at radius 1 is 1.19 bits per heavy atom. The van der Waals surface area contributed by atoms with Gasteiger partial charge in [0.1, 0.15) is 5.69 Å². The van der Waals surface area contributed by atoms with Gasteiger partial charge in [-0.1, -0.05) is 17.3 Å². The summed E-state index contributed by atoms with van der Waals surface area (Å²) < 4.78 is 24.5. The zero-order valence-corrected chi connectivity index (χ0v) is 15.6. The number of aryl methyl sites for hydroxylation is 1. The molecule has 2 heterocycles. The van der Waals surface area contributed by atoms with Gasteiger partial charge in [-0.3, -0.25) is 9.78 Å². The lowest BCUT2D eigenvalue weighted by Crippen LogP contribution is -2.23. The molecule has 0 bridgehead atoms. The molecular weight excluding hydrogens is 366 g/mol. The summed E-state index contributed by atoms with van der Waals surface area (Å²) in [6.07, 6.45) is 7.08. The maximum absolute atomic E-state index is 12.0. The molecule has 1 aromatic carbocycles. The second kappa shape index (κ2) is 8.09. The predicted molar refractivity (Wildman–Crippen MR) is 98.9 cm³/mol. The molecule has 8 nitrogen and oxygen atoms in total. The molecule has 27 heavy (non-hydrogen) atoms. The van der Waals surface area contributed by atoms with Crippen molar-refractivity contribution in [2.75, 3.05) is 6.26 Å². The molecule has 0 radical (unpaired) electrons. The van der Waals surface area contributed by atoms with E-state index >= 15 is 0 Å². The van der Waals surface area contributed by atoms with Crippen LogP contribution in [0.1, 0.15) is 17.7 Å². The van der Waals surface area contributed by atoms with Crippen LogP contribution in [-0.2, 0) is 27.6 Å². The van der Waals surface area contributed by atoms with E-state index < -0.39 is 9.84 Å². The highest BCUT2D eigenvalue weighted by molar-refractivity contribution is 7.90. The molecular formula is C18H19N5O3S. The van der Waals surface area contributed by atoms with Gasteiger partial charge in [0, 0.05) is 18.9 Å². The van der Waals surface area contributed by atoms with E-state index in [0.29, 0.717) is 18.5 Å². The van der Waals surface area contributed by atoms with Crippen LogP contribution in [0.3, 0.4) is 0 Å². The van der Waals surface area contributed by atoms with Crippen LogP contribution >= 0.6 is 0 Å².